The van der Waals surface area contributed by atoms with Crippen LogP contribution >= 0.6 is 0 Å². The average Bonchev–Trinajstić information content (AvgIpc) is 2.55. The molecule has 1 atom stereocenters. The van der Waals surface area contributed by atoms with E-state index >= 15 is 0 Å². The number of hydrogen-bond acceptors (Lipinski definition) is 3. The standard InChI is InChI=1S/C19H28N2O/c1-6-21(7-2)15(3)16-12-17(14-20(4)13-16)18-10-8-9-11-19(18)22-5/h8-12,16H,3,6-7,13-14H2,1-2,4-5H3. The predicted molar refractivity (Wildman–Crippen MR) is 94.0 cm³/mol. The highest BCUT2D eigenvalue weighted by Gasteiger charge is 2.23. The lowest BCUT2D eigenvalue weighted by Gasteiger charge is -2.35. The van der Waals surface area contributed by atoms with Crippen molar-refractivity contribution in [3.63, 3.8) is 0 Å². The third-order valence-electron chi connectivity index (χ3n) is 4.40. The van der Waals surface area contributed by atoms with Crippen LogP contribution in [0.1, 0.15) is 19.4 Å². The Morgan fingerprint density at radius 2 is 2.00 bits per heavy atom. The van der Waals surface area contributed by atoms with Crippen molar-refractivity contribution in [1.29, 1.82) is 0 Å². The molecule has 120 valence electrons. The van der Waals surface area contributed by atoms with Gasteiger partial charge in [-0.2, -0.15) is 0 Å². The first-order chi connectivity index (χ1) is 10.6. The van der Waals surface area contributed by atoms with E-state index in [1.165, 1.54) is 16.8 Å². The molecule has 0 amide bonds. The van der Waals surface area contributed by atoms with Crippen LogP contribution in [-0.2, 0) is 0 Å². The van der Waals surface area contributed by atoms with Crippen molar-refractivity contribution >= 4 is 5.57 Å². The topological polar surface area (TPSA) is 15.7 Å². The number of nitrogens with zero attached hydrogens (tertiary/aromatic N) is 2. The highest BCUT2D eigenvalue weighted by atomic mass is 16.5. The van der Waals surface area contributed by atoms with Crippen molar-refractivity contribution in [3.8, 4) is 5.75 Å². The van der Waals surface area contributed by atoms with Gasteiger partial charge in [-0.05, 0) is 32.5 Å². The molecule has 1 heterocycles. The number of methoxy groups -OCH3 is 1. The zero-order chi connectivity index (χ0) is 16.1. The van der Waals surface area contributed by atoms with Crippen molar-refractivity contribution in [2.24, 2.45) is 5.92 Å². The van der Waals surface area contributed by atoms with Crippen LogP contribution in [0.15, 0.2) is 42.6 Å². The predicted octanol–water partition coefficient (Wildman–Crippen LogP) is 3.50. The van der Waals surface area contributed by atoms with E-state index in [4.69, 9.17) is 4.74 Å². The van der Waals surface area contributed by atoms with Crippen molar-refractivity contribution in [3.05, 3.63) is 48.2 Å². The van der Waals surface area contributed by atoms with E-state index in [1.807, 2.05) is 12.1 Å². The van der Waals surface area contributed by atoms with Crippen LogP contribution in [0.3, 0.4) is 0 Å². The zero-order valence-electron chi connectivity index (χ0n) is 14.3. The molecule has 1 aliphatic rings. The van der Waals surface area contributed by atoms with E-state index in [0.717, 1.165) is 31.9 Å². The summed E-state index contributed by atoms with van der Waals surface area (Å²) < 4.78 is 5.53. The molecule has 0 fully saturated rings. The number of benzene rings is 1. The van der Waals surface area contributed by atoms with E-state index in [-0.39, 0.29) is 0 Å². The summed E-state index contributed by atoms with van der Waals surface area (Å²) in [6.07, 6.45) is 2.37. The minimum atomic E-state index is 0.360. The highest BCUT2D eigenvalue weighted by molar-refractivity contribution is 5.73. The molecule has 0 spiro atoms. The summed E-state index contributed by atoms with van der Waals surface area (Å²) in [5.41, 5.74) is 3.72. The van der Waals surface area contributed by atoms with Crippen molar-refractivity contribution in [2.75, 3.05) is 40.3 Å². The lowest BCUT2D eigenvalue weighted by atomic mass is 9.92. The Balaban J connectivity index is 2.33. The fraction of sp³-hybridized carbons (Fsp3) is 0.474. The van der Waals surface area contributed by atoms with Gasteiger partial charge in [-0.3, -0.25) is 0 Å². The van der Waals surface area contributed by atoms with E-state index in [9.17, 15) is 0 Å². The summed E-state index contributed by atoms with van der Waals surface area (Å²) in [5.74, 6) is 1.30. The highest BCUT2D eigenvalue weighted by Crippen LogP contribution is 2.32. The lowest BCUT2D eigenvalue weighted by molar-refractivity contribution is 0.284. The van der Waals surface area contributed by atoms with Gasteiger partial charge in [0.25, 0.3) is 0 Å². The monoisotopic (exact) mass is 300 g/mol. The van der Waals surface area contributed by atoms with Gasteiger partial charge in [0.1, 0.15) is 5.75 Å². The van der Waals surface area contributed by atoms with E-state index in [1.54, 1.807) is 7.11 Å². The maximum Gasteiger partial charge on any atom is 0.126 e. The van der Waals surface area contributed by atoms with E-state index in [2.05, 4.69) is 55.5 Å². The van der Waals surface area contributed by atoms with Gasteiger partial charge in [-0.1, -0.05) is 30.9 Å². The molecule has 0 radical (unpaired) electrons. The molecule has 0 saturated heterocycles. The van der Waals surface area contributed by atoms with Gasteiger partial charge in [-0.15, -0.1) is 0 Å². The van der Waals surface area contributed by atoms with Crippen LogP contribution in [0.2, 0.25) is 0 Å². The number of hydrogen-bond donors (Lipinski definition) is 0. The first-order valence-electron chi connectivity index (χ1n) is 8.07. The van der Waals surface area contributed by atoms with Gasteiger partial charge in [0.15, 0.2) is 0 Å². The molecule has 1 unspecified atom stereocenters. The molecule has 1 aliphatic heterocycles. The largest absolute Gasteiger partial charge is 0.496 e. The summed E-state index contributed by atoms with van der Waals surface area (Å²) in [4.78, 5) is 4.71. The van der Waals surface area contributed by atoms with Crippen molar-refractivity contribution in [1.82, 2.24) is 9.80 Å². The quantitative estimate of drug-likeness (QED) is 0.800. The molecule has 0 aromatic heterocycles. The summed E-state index contributed by atoms with van der Waals surface area (Å²) in [7, 11) is 3.91. The van der Waals surface area contributed by atoms with Crippen LogP contribution < -0.4 is 4.74 Å². The number of para-hydroxylation sites is 1. The van der Waals surface area contributed by atoms with Crippen LogP contribution in [-0.4, -0.2) is 50.1 Å². The molecule has 0 saturated carbocycles. The smallest absolute Gasteiger partial charge is 0.126 e. The third-order valence-corrected chi connectivity index (χ3v) is 4.40. The van der Waals surface area contributed by atoms with Crippen LogP contribution in [0.25, 0.3) is 5.57 Å². The van der Waals surface area contributed by atoms with Crippen molar-refractivity contribution < 1.29 is 4.74 Å². The Morgan fingerprint density at radius 3 is 2.64 bits per heavy atom. The number of likely N-dealkylation sites (N-methyl/N-ethyl adjacent to an activating group) is 1. The van der Waals surface area contributed by atoms with Gasteiger partial charge < -0.3 is 14.5 Å². The second kappa shape index (κ2) is 7.50. The van der Waals surface area contributed by atoms with Gasteiger partial charge in [-0.25, -0.2) is 0 Å². The minimum Gasteiger partial charge on any atom is -0.496 e. The zero-order valence-corrected chi connectivity index (χ0v) is 14.3. The average molecular weight is 300 g/mol. The maximum absolute atomic E-state index is 5.53. The first-order valence-corrected chi connectivity index (χ1v) is 8.07. The lowest BCUT2D eigenvalue weighted by Crippen LogP contribution is -2.36. The fourth-order valence-electron chi connectivity index (χ4n) is 3.19. The van der Waals surface area contributed by atoms with Crippen molar-refractivity contribution in [2.45, 2.75) is 13.8 Å². The van der Waals surface area contributed by atoms with Gasteiger partial charge >= 0.3 is 0 Å². The maximum atomic E-state index is 5.53. The third kappa shape index (κ3) is 3.53. The second-order valence-electron chi connectivity index (χ2n) is 5.86. The Morgan fingerprint density at radius 1 is 1.32 bits per heavy atom. The Hall–Kier alpha value is -1.74. The van der Waals surface area contributed by atoms with Gasteiger partial charge in [0.2, 0.25) is 0 Å². The molecule has 0 aliphatic carbocycles. The summed E-state index contributed by atoms with van der Waals surface area (Å²) in [5, 5.41) is 0. The van der Waals surface area contributed by atoms with Gasteiger partial charge in [0.05, 0.1) is 7.11 Å². The fourth-order valence-corrected chi connectivity index (χ4v) is 3.19. The number of ether oxygens (including phenoxy) is 1. The van der Waals surface area contributed by atoms with Crippen LogP contribution in [0.4, 0.5) is 0 Å². The molecule has 3 heteroatoms. The Bertz CT molecular complexity index is 546. The molecule has 22 heavy (non-hydrogen) atoms. The Kier molecular flexibility index (Phi) is 5.67. The molecule has 1 aromatic carbocycles. The molecule has 0 bridgehead atoms. The van der Waals surface area contributed by atoms with Gasteiger partial charge in [0, 0.05) is 43.4 Å². The minimum absolute atomic E-state index is 0.360. The molecular weight excluding hydrogens is 272 g/mol. The molecular formula is C19H28N2O. The first kappa shape index (κ1) is 16.6. The Labute approximate surface area is 134 Å². The molecule has 1 aromatic rings. The molecule has 0 N–H and O–H groups in total. The summed E-state index contributed by atoms with van der Waals surface area (Å²) in [6.45, 7) is 12.7. The number of rotatable bonds is 6. The summed E-state index contributed by atoms with van der Waals surface area (Å²) >= 11 is 0. The SMILES string of the molecule is C=C(C1C=C(c2ccccc2OC)CN(C)C1)N(CC)CC. The second-order valence-corrected chi connectivity index (χ2v) is 5.86. The normalized spacial score (nSPS) is 18.7. The summed E-state index contributed by atoms with van der Waals surface area (Å²) in [6, 6.07) is 8.25. The van der Waals surface area contributed by atoms with Crippen LogP contribution in [0.5, 0.6) is 5.75 Å². The van der Waals surface area contributed by atoms with E-state index in [0.29, 0.717) is 5.92 Å². The van der Waals surface area contributed by atoms with E-state index < -0.39 is 0 Å². The molecule has 2 rings (SSSR count). The van der Waals surface area contributed by atoms with Crippen LogP contribution in [0, 0.1) is 5.92 Å². The molecule has 3 nitrogen and oxygen atoms in total.